The number of carbonyl (C=O) groups excluding carboxylic acids is 2. The summed E-state index contributed by atoms with van der Waals surface area (Å²) in [7, 11) is 3.11. The van der Waals surface area contributed by atoms with Crippen molar-refractivity contribution in [2.45, 2.75) is 4.90 Å². The highest BCUT2D eigenvalue weighted by Gasteiger charge is 2.07. The number of rotatable bonds is 9. The van der Waals surface area contributed by atoms with E-state index in [1.807, 2.05) is 42.5 Å². The normalized spacial score (nSPS) is 10.6. The summed E-state index contributed by atoms with van der Waals surface area (Å²) in [5, 5.41) is 5.66. The highest BCUT2D eigenvalue weighted by atomic mass is 32.2. The molecule has 3 rings (SSSR count). The minimum atomic E-state index is -0.206. The van der Waals surface area contributed by atoms with Gasteiger partial charge in [0.25, 0.3) is 0 Å². The van der Waals surface area contributed by atoms with Gasteiger partial charge in [-0.3, -0.25) is 9.59 Å². The molecule has 0 fully saturated rings. The SMILES string of the molecule is COc1cc(NC(=O)CSc2ccc(NC(=O)/C=C/c3ccccc3)cc2)cc(OC)c1. The minimum absolute atomic E-state index is 0.145. The van der Waals surface area contributed by atoms with Gasteiger partial charge in [0.15, 0.2) is 0 Å². The number of thioether (sulfide) groups is 1. The molecule has 6 nitrogen and oxygen atoms in total. The Bertz CT molecular complexity index is 1060. The molecule has 3 aromatic carbocycles. The Morgan fingerprint density at radius 1 is 0.844 bits per heavy atom. The van der Waals surface area contributed by atoms with Crippen molar-refractivity contribution in [2.24, 2.45) is 0 Å². The van der Waals surface area contributed by atoms with E-state index >= 15 is 0 Å². The Hall–Kier alpha value is -3.71. The summed E-state index contributed by atoms with van der Waals surface area (Å²) < 4.78 is 10.4. The van der Waals surface area contributed by atoms with Crippen LogP contribution >= 0.6 is 11.8 Å². The molecule has 0 heterocycles. The van der Waals surface area contributed by atoms with Gasteiger partial charge in [0.05, 0.1) is 20.0 Å². The predicted molar refractivity (Wildman–Crippen MR) is 129 cm³/mol. The molecule has 0 aliphatic carbocycles. The van der Waals surface area contributed by atoms with Crippen molar-refractivity contribution >= 4 is 41.0 Å². The van der Waals surface area contributed by atoms with Gasteiger partial charge >= 0.3 is 0 Å². The van der Waals surface area contributed by atoms with E-state index in [2.05, 4.69) is 10.6 Å². The van der Waals surface area contributed by atoms with Crippen LogP contribution in [-0.2, 0) is 9.59 Å². The largest absolute Gasteiger partial charge is 0.497 e. The van der Waals surface area contributed by atoms with Gasteiger partial charge in [-0.05, 0) is 35.9 Å². The maximum Gasteiger partial charge on any atom is 0.248 e. The number of anilines is 2. The van der Waals surface area contributed by atoms with E-state index < -0.39 is 0 Å². The Labute approximate surface area is 191 Å². The average molecular weight is 449 g/mol. The summed E-state index contributed by atoms with van der Waals surface area (Å²) in [5.74, 6) is 1.09. The van der Waals surface area contributed by atoms with E-state index in [1.165, 1.54) is 17.8 Å². The van der Waals surface area contributed by atoms with Crippen molar-refractivity contribution < 1.29 is 19.1 Å². The fraction of sp³-hybridized carbons (Fsp3) is 0.120. The van der Waals surface area contributed by atoms with E-state index in [4.69, 9.17) is 9.47 Å². The van der Waals surface area contributed by atoms with Gasteiger partial charge in [-0.2, -0.15) is 0 Å². The van der Waals surface area contributed by atoms with Gasteiger partial charge in [-0.15, -0.1) is 11.8 Å². The van der Waals surface area contributed by atoms with Gasteiger partial charge in [0, 0.05) is 40.5 Å². The van der Waals surface area contributed by atoms with Gasteiger partial charge in [-0.1, -0.05) is 30.3 Å². The molecule has 2 N–H and O–H groups in total. The predicted octanol–water partition coefficient (Wildman–Crippen LogP) is 5.09. The molecule has 164 valence electrons. The van der Waals surface area contributed by atoms with Crippen LogP contribution in [0, 0.1) is 0 Å². The molecule has 0 unspecified atom stereocenters. The lowest BCUT2D eigenvalue weighted by atomic mass is 10.2. The second-order valence-electron chi connectivity index (χ2n) is 6.70. The molecule has 0 atom stereocenters. The van der Waals surface area contributed by atoms with Gasteiger partial charge in [-0.25, -0.2) is 0 Å². The summed E-state index contributed by atoms with van der Waals surface area (Å²) in [6, 6.07) is 22.2. The molecule has 0 spiro atoms. The first kappa shape index (κ1) is 23.0. The van der Waals surface area contributed by atoms with E-state index in [0.717, 1.165) is 10.5 Å². The molecule has 3 aromatic rings. The molecule has 2 amide bonds. The Morgan fingerprint density at radius 3 is 2.12 bits per heavy atom. The molecule has 0 bridgehead atoms. The quantitative estimate of drug-likeness (QED) is 0.352. The molecule has 0 aromatic heterocycles. The van der Waals surface area contributed by atoms with Crippen molar-refractivity contribution in [1.29, 1.82) is 0 Å². The Balaban J connectivity index is 1.48. The van der Waals surface area contributed by atoms with Crippen LogP contribution in [0.15, 0.2) is 83.8 Å². The van der Waals surface area contributed by atoms with Crippen molar-refractivity contribution in [2.75, 3.05) is 30.6 Å². The van der Waals surface area contributed by atoms with E-state index in [1.54, 1.807) is 50.6 Å². The summed E-state index contributed by atoms with van der Waals surface area (Å²) in [5.41, 5.74) is 2.25. The lowest BCUT2D eigenvalue weighted by molar-refractivity contribution is -0.114. The summed E-state index contributed by atoms with van der Waals surface area (Å²) >= 11 is 1.40. The molecular formula is C25H24N2O4S. The number of carbonyl (C=O) groups is 2. The van der Waals surface area contributed by atoms with Gasteiger partial charge < -0.3 is 20.1 Å². The zero-order valence-corrected chi connectivity index (χ0v) is 18.6. The van der Waals surface area contributed by atoms with Crippen molar-refractivity contribution in [3.63, 3.8) is 0 Å². The number of amides is 2. The van der Waals surface area contributed by atoms with Gasteiger partial charge in [0.2, 0.25) is 11.8 Å². The Morgan fingerprint density at radius 2 is 1.50 bits per heavy atom. The van der Waals surface area contributed by atoms with Crippen LogP contribution in [0.5, 0.6) is 11.5 Å². The Kier molecular flexibility index (Phi) is 8.34. The van der Waals surface area contributed by atoms with E-state index in [-0.39, 0.29) is 17.6 Å². The van der Waals surface area contributed by atoms with Gasteiger partial charge in [0.1, 0.15) is 11.5 Å². The standard InChI is InChI=1S/C25H24N2O4S/c1-30-21-14-20(15-22(16-21)31-2)27-25(29)17-32-23-11-9-19(10-12-23)26-24(28)13-8-18-6-4-3-5-7-18/h3-16H,17H2,1-2H3,(H,26,28)(H,27,29)/b13-8+. The summed E-state index contributed by atoms with van der Waals surface area (Å²) in [6.07, 6.45) is 3.26. The molecule has 0 saturated carbocycles. The number of ether oxygens (including phenoxy) is 2. The minimum Gasteiger partial charge on any atom is -0.497 e. The molecule has 0 aliphatic rings. The second-order valence-corrected chi connectivity index (χ2v) is 7.74. The van der Waals surface area contributed by atoms with E-state index in [9.17, 15) is 9.59 Å². The highest BCUT2D eigenvalue weighted by Crippen LogP contribution is 2.26. The number of nitrogens with one attached hydrogen (secondary N) is 2. The van der Waals surface area contributed by atoms with Crippen molar-refractivity contribution in [3.05, 3.63) is 84.4 Å². The first-order valence-corrected chi connectivity index (χ1v) is 10.8. The maximum absolute atomic E-state index is 12.3. The maximum atomic E-state index is 12.3. The van der Waals surface area contributed by atoms with Crippen LogP contribution in [0.3, 0.4) is 0 Å². The van der Waals surface area contributed by atoms with Crippen LogP contribution in [-0.4, -0.2) is 31.8 Å². The van der Waals surface area contributed by atoms with Crippen LogP contribution < -0.4 is 20.1 Å². The molecular weight excluding hydrogens is 424 g/mol. The fourth-order valence-electron chi connectivity index (χ4n) is 2.78. The third-order valence-electron chi connectivity index (χ3n) is 4.35. The van der Waals surface area contributed by atoms with E-state index in [0.29, 0.717) is 22.9 Å². The fourth-order valence-corrected chi connectivity index (χ4v) is 3.48. The second kappa shape index (κ2) is 11.6. The first-order valence-electron chi connectivity index (χ1n) is 9.85. The highest BCUT2D eigenvalue weighted by molar-refractivity contribution is 8.00. The number of hydrogen-bond acceptors (Lipinski definition) is 5. The summed E-state index contributed by atoms with van der Waals surface area (Å²) in [4.78, 5) is 25.3. The lowest BCUT2D eigenvalue weighted by Gasteiger charge is -2.10. The summed E-state index contributed by atoms with van der Waals surface area (Å²) in [6.45, 7) is 0. The van der Waals surface area contributed by atoms with Crippen molar-refractivity contribution in [1.82, 2.24) is 0 Å². The monoisotopic (exact) mass is 448 g/mol. The topological polar surface area (TPSA) is 76.7 Å². The molecule has 0 aliphatic heterocycles. The van der Waals surface area contributed by atoms with Crippen LogP contribution in [0.25, 0.3) is 6.08 Å². The zero-order chi connectivity index (χ0) is 22.8. The van der Waals surface area contributed by atoms with Crippen molar-refractivity contribution in [3.8, 4) is 11.5 Å². The molecule has 32 heavy (non-hydrogen) atoms. The zero-order valence-electron chi connectivity index (χ0n) is 17.8. The molecule has 0 radical (unpaired) electrons. The molecule has 0 saturated heterocycles. The average Bonchev–Trinajstić information content (AvgIpc) is 2.82. The third kappa shape index (κ3) is 7.21. The first-order chi connectivity index (χ1) is 15.6. The number of benzene rings is 3. The number of methoxy groups -OCH3 is 2. The smallest absolute Gasteiger partial charge is 0.248 e. The third-order valence-corrected chi connectivity index (χ3v) is 5.37. The molecule has 7 heteroatoms. The van der Waals surface area contributed by atoms with Crippen LogP contribution in [0.4, 0.5) is 11.4 Å². The van der Waals surface area contributed by atoms with Crippen LogP contribution in [0.1, 0.15) is 5.56 Å². The lowest BCUT2D eigenvalue weighted by Crippen LogP contribution is -2.14. The number of hydrogen-bond donors (Lipinski definition) is 2. The van der Waals surface area contributed by atoms with Crippen LogP contribution in [0.2, 0.25) is 0 Å².